The number of carbonyl (C=O) groups is 1. The van der Waals surface area contributed by atoms with Crippen molar-refractivity contribution in [3.05, 3.63) is 42.6 Å². The number of piperidine rings is 1. The summed E-state index contributed by atoms with van der Waals surface area (Å²) in [5.74, 6) is -0.248. The summed E-state index contributed by atoms with van der Waals surface area (Å²) in [6, 6.07) is 5.53. The van der Waals surface area contributed by atoms with Crippen LogP contribution in [-0.4, -0.2) is 69.5 Å². The van der Waals surface area contributed by atoms with Crippen molar-refractivity contribution in [2.75, 3.05) is 20.1 Å². The Balaban J connectivity index is 1.43. The van der Waals surface area contributed by atoms with Crippen molar-refractivity contribution in [3.8, 4) is 0 Å². The molecule has 30 heavy (non-hydrogen) atoms. The molecule has 4 rings (SSSR count). The van der Waals surface area contributed by atoms with E-state index in [1.807, 2.05) is 18.2 Å². The van der Waals surface area contributed by atoms with E-state index in [-0.39, 0.29) is 23.9 Å². The highest BCUT2D eigenvalue weighted by molar-refractivity contribution is 7.89. The van der Waals surface area contributed by atoms with Gasteiger partial charge >= 0.3 is 0 Å². The monoisotopic (exact) mass is 432 g/mol. The summed E-state index contributed by atoms with van der Waals surface area (Å²) < 4.78 is 28.9. The third kappa shape index (κ3) is 3.94. The maximum atomic E-state index is 12.9. The molecule has 2 aromatic heterocycles. The highest BCUT2D eigenvalue weighted by Gasteiger charge is 2.48. The molecule has 10 nitrogen and oxygen atoms in total. The van der Waals surface area contributed by atoms with Crippen LogP contribution in [0.15, 0.2) is 47.1 Å². The van der Waals surface area contributed by atoms with Gasteiger partial charge in [-0.05, 0) is 25.0 Å². The summed E-state index contributed by atoms with van der Waals surface area (Å²) in [4.78, 5) is 28.2. The quantitative estimate of drug-likeness (QED) is 0.690. The van der Waals surface area contributed by atoms with Crippen molar-refractivity contribution in [2.45, 2.75) is 36.4 Å². The summed E-state index contributed by atoms with van der Waals surface area (Å²) in [6.45, 7) is 0.870. The van der Waals surface area contributed by atoms with Crippen molar-refractivity contribution in [1.29, 1.82) is 0 Å². The van der Waals surface area contributed by atoms with E-state index in [1.54, 1.807) is 24.9 Å². The first kappa shape index (κ1) is 20.5. The average Bonchev–Trinajstić information content (AvgIpc) is 3.35. The van der Waals surface area contributed by atoms with Crippen LogP contribution in [-0.2, 0) is 33.2 Å². The molecule has 2 aliphatic heterocycles. The number of sulfonamides is 1. The minimum atomic E-state index is -3.73. The van der Waals surface area contributed by atoms with E-state index in [2.05, 4.69) is 15.1 Å². The van der Waals surface area contributed by atoms with Crippen molar-refractivity contribution in [2.24, 2.45) is 12.2 Å². The van der Waals surface area contributed by atoms with Crippen molar-refractivity contribution >= 4 is 21.6 Å². The van der Waals surface area contributed by atoms with E-state index in [0.29, 0.717) is 31.6 Å². The Labute approximate surface area is 175 Å². The number of aryl methyl sites for hydroxylation is 1. The Hall–Kier alpha value is -2.79. The van der Waals surface area contributed by atoms with Crippen LogP contribution in [0.3, 0.4) is 0 Å². The molecule has 11 heteroatoms. The maximum absolute atomic E-state index is 12.9. The zero-order valence-corrected chi connectivity index (χ0v) is 17.7. The predicted molar refractivity (Wildman–Crippen MR) is 108 cm³/mol. The number of hydrogen-bond acceptors (Lipinski definition) is 7. The van der Waals surface area contributed by atoms with Crippen LogP contribution in [0, 0.1) is 0 Å². The summed E-state index contributed by atoms with van der Waals surface area (Å²) >= 11 is 0. The summed E-state index contributed by atoms with van der Waals surface area (Å²) in [6.07, 6.45) is 6.13. The Kier molecular flexibility index (Phi) is 5.33. The lowest BCUT2D eigenvalue weighted by molar-refractivity contribution is -0.123. The second-order valence-corrected chi connectivity index (χ2v) is 9.68. The van der Waals surface area contributed by atoms with Crippen LogP contribution in [0.1, 0.15) is 25.0 Å². The standard InChI is InChI=1S/C19H24N6O4S/c1-23-12-17(21-14-23)30(27,28)25-9-5-7-19(13-25)10-16(22-29-19)18(26)24(2)11-15-6-3-4-8-20-15/h3-4,6,8,12,14H,5,7,9-11,13H2,1-2H3. The Morgan fingerprint density at radius 2 is 2.17 bits per heavy atom. The maximum Gasteiger partial charge on any atom is 0.271 e. The molecule has 0 saturated carbocycles. The van der Waals surface area contributed by atoms with Gasteiger partial charge in [-0.3, -0.25) is 9.78 Å². The lowest BCUT2D eigenvalue weighted by Crippen LogP contribution is -2.51. The fraction of sp³-hybridized carbons (Fsp3) is 0.474. The molecule has 1 unspecified atom stereocenters. The molecule has 0 radical (unpaired) electrons. The van der Waals surface area contributed by atoms with Gasteiger partial charge in [0.15, 0.2) is 10.6 Å². The Morgan fingerprint density at radius 3 is 2.87 bits per heavy atom. The second-order valence-electron chi connectivity index (χ2n) is 7.79. The molecule has 1 atom stereocenters. The fourth-order valence-corrected chi connectivity index (χ4v) is 5.32. The van der Waals surface area contributed by atoms with Gasteiger partial charge in [-0.15, -0.1) is 0 Å². The van der Waals surface area contributed by atoms with Gasteiger partial charge in [-0.2, -0.15) is 4.31 Å². The first-order valence-corrected chi connectivity index (χ1v) is 11.1. The number of aromatic nitrogens is 3. The first-order chi connectivity index (χ1) is 14.3. The van der Waals surface area contributed by atoms with Gasteiger partial charge in [0.1, 0.15) is 5.71 Å². The van der Waals surface area contributed by atoms with Gasteiger partial charge in [0.25, 0.3) is 15.9 Å². The number of imidazole rings is 1. The van der Waals surface area contributed by atoms with E-state index in [9.17, 15) is 13.2 Å². The lowest BCUT2D eigenvalue weighted by Gasteiger charge is -2.37. The Morgan fingerprint density at radius 1 is 1.33 bits per heavy atom. The van der Waals surface area contributed by atoms with Crippen LogP contribution in [0.5, 0.6) is 0 Å². The van der Waals surface area contributed by atoms with E-state index >= 15 is 0 Å². The second kappa shape index (κ2) is 7.80. The molecular weight excluding hydrogens is 408 g/mol. The largest absolute Gasteiger partial charge is 0.387 e. The van der Waals surface area contributed by atoms with Gasteiger partial charge in [0.2, 0.25) is 0 Å². The van der Waals surface area contributed by atoms with Gasteiger partial charge < -0.3 is 14.3 Å². The molecule has 2 aliphatic rings. The molecule has 2 aromatic rings. The van der Waals surface area contributed by atoms with Crippen LogP contribution in [0.2, 0.25) is 0 Å². The molecule has 0 aromatic carbocycles. The zero-order chi connectivity index (χ0) is 21.4. The van der Waals surface area contributed by atoms with Gasteiger partial charge in [-0.1, -0.05) is 11.2 Å². The third-order valence-electron chi connectivity index (χ3n) is 5.35. The van der Waals surface area contributed by atoms with E-state index in [1.165, 1.54) is 21.7 Å². The molecule has 0 N–H and O–H groups in total. The molecular formula is C19H24N6O4S. The van der Waals surface area contributed by atoms with Crippen molar-refractivity contribution < 1.29 is 18.0 Å². The average molecular weight is 433 g/mol. The number of nitrogens with zero attached hydrogens (tertiary/aromatic N) is 6. The van der Waals surface area contributed by atoms with Crippen LogP contribution >= 0.6 is 0 Å². The normalized spacial score (nSPS) is 22.0. The van der Waals surface area contributed by atoms with Gasteiger partial charge in [-0.25, -0.2) is 13.4 Å². The topological polar surface area (TPSA) is 110 Å². The molecule has 4 heterocycles. The predicted octanol–water partition coefficient (Wildman–Crippen LogP) is 0.773. The number of carbonyl (C=O) groups excluding carboxylic acids is 1. The van der Waals surface area contributed by atoms with Crippen LogP contribution < -0.4 is 0 Å². The minimum absolute atomic E-state index is 0.00681. The molecule has 1 amide bonds. The van der Waals surface area contributed by atoms with E-state index in [4.69, 9.17) is 4.84 Å². The molecule has 1 fully saturated rings. The molecule has 0 aliphatic carbocycles. The van der Waals surface area contributed by atoms with Crippen LogP contribution in [0.25, 0.3) is 0 Å². The minimum Gasteiger partial charge on any atom is -0.387 e. The van der Waals surface area contributed by atoms with Crippen molar-refractivity contribution in [1.82, 2.24) is 23.7 Å². The number of amides is 1. The summed E-state index contributed by atoms with van der Waals surface area (Å²) in [5, 5.41) is 4.04. The molecule has 160 valence electrons. The number of pyridine rings is 1. The fourth-order valence-electron chi connectivity index (χ4n) is 3.80. The van der Waals surface area contributed by atoms with Gasteiger partial charge in [0.05, 0.1) is 25.1 Å². The highest BCUT2D eigenvalue weighted by atomic mass is 32.2. The first-order valence-electron chi connectivity index (χ1n) is 9.68. The molecule has 1 saturated heterocycles. The number of hydrogen-bond donors (Lipinski definition) is 0. The third-order valence-corrected chi connectivity index (χ3v) is 7.08. The van der Waals surface area contributed by atoms with Crippen LogP contribution in [0.4, 0.5) is 0 Å². The SMILES string of the molecule is CN(Cc1ccccn1)C(=O)C1=NOC2(CCCN(S(=O)(=O)c3cn(C)cn3)C2)C1. The molecule has 1 spiro atoms. The zero-order valence-electron chi connectivity index (χ0n) is 16.9. The highest BCUT2D eigenvalue weighted by Crippen LogP contribution is 2.35. The smallest absolute Gasteiger partial charge is 0.271 e. The van der Waals surface area contributed by atoms with E-state index in [0.717, 1.165) is 5.69 Å². The summed E-state index contributed by atoms with van der Waals surface area (Å²) in [5.41, 5.74) is 0.245. The van der Waals surface area contributed by atoms with E-state index < -0.39 is 15.6 Å². The summed E-state index contributed by atoms with van der Waals surface area (Å²) in [7, 11) is -0.330. The lowest BCUT2D eigenvalue weighted by atomic mass is 9.89. The number of oxime groups is 1. The van der Waals surface area contributed by atoms with Crippen molar-refractivity contribution in [3.63, 3.8) is 0 Å². The molecule has 0 bridgehead atoms. The number of rotatable bonds is 5. The Bertz CT molecular complexity index is 1070. The van der Waals surface area contributed by atoms with Gasteiger partial charge in [0, 0.05) is 39.5 Å².